The quantitative estimate of drug-likeness (QED) is 0.106. The molecule has 0 aliphatic carbocycles. The lowest BCUT2D eigenvalue weighted by molar-refractivity contribution is -0.131. The molecule has 0 unspecified atom stereocenters. The first-order valence-electron chi connectivity index (χ1n) is 16.6. The van der Waals surface area contributed by atoms with Crippen LogP contribution in [0.5, 0.6) is 0 Å². The van der Waals surface area contributed by atoms with Gasteiger partial charge in [0.1, 0.15) is 0 Å². The summed E-state index contributed by atoms with van der Waals surface area (Å²) < 4.78 is 21.4. The molecule has 0 aliphatic rings. The molecule has 0 fully saturated rings. The summed E-state index contributed by atoms with van der Waals surface area (Å²) in [5, 5.41) is 9.12. The maximum absolute atomic E-state index is 10.8. The first-order chi connectivity index (χ1) is 19.9. The summed E-state index contributed by atoms with van der Waals surface area (Å²) in [5.74, 6) is -0.948. The number of aliphatic carboxylic acids is 1. The summed E-state index contributed by atoms with van der Waals surface area (Å²) in [6.07, 6.45) is 13.6. The lowest BCUT2D eigenvalue weighted by atomic mass is 10.0. The first kappa shape index (κ1) is 43.7. The Hall–Kier alpha value is -1.30. The maximum Gasteiger partial charge on any atom is 0.328 e. The van der Waals surface area contributed by atoms with Gasteiger partial charge in [0.05, 0.1) is 12.2 Å². The van der Waals surface area contributed by atoms with Gasteiger partial charge in [0.25, 0.3) is 0 Å². The van der Waals surface area contributed by atoms with Gasteiger partial charge in [-0.15, -0.1) is 0 Å². The molecule has 0 saturated carbocycles. The van der Waals surface area contributed by atoms with E-state index in [9.17, 15) is 4.79 Å². The van der Waals surface area contributed by atoms with E-state index in [2.05, 4.69) is 128 Å². The fraction of sp³-hybridized carbons (Fsp3) is 0.703. The summed E-state index contributed by atoms with van der Waals surface area (Å²) in [5.41, 5.74) is 3.03. The smallest absolute Gasteiger partial charge is 0.328 e. The van der Waals surface area contributed by atoms with E-state index in [0.29, 0.717) is 0 Å². The zero-order chi connectivity index (χ0) is 35.8. The Labute approximate surface area is 281 Å². The van der Waals surface area contributed by atoms with Crippen molar-refractivity contribution in [1.82, 2.24) is 0 Å². The van der Waals surface area contributed by atoms with Crippen LogP contribution in [0.4, 0.5) is 0 Å². The highest BCUT2D eigenvalue weighted by molar-refractivity contribution is 6.75. The van der Waals surface area contributed by atoms with Crippen LogP contribution in [0.2, 0.25) is 54.4 Å². The van der Waals surface area contributed by atoms with Gasteiger partial charge >= 0.3 is 5.97 Å². The highest BCUT2D eigenvalue weighted by Gasteiger charge is 2.45. The predicted octanol–water partition coefficient (Wildman–Crippen LogP) is 11.6. The minimum atomic E-state index is -2.16. The van der Waals surface area contributed by atoms with E-state index < -0.39 is 30.9 Å². The van der Waals surface area contributed by atoms with E-state index in [4.69, 9.17) is 18.4 Å². The number of hydrogen-bond acceptors (Lipinski definition) is 4. The molecular formula is C37H70O5Si3. The highest BCUT2D eigenvalue weighted by atomic mass is 28.4. The largest absolute Gasteiger partial charge is 0.478 e. The van der Waals surface area contributed by atoms with Gasteiger partial charge in [-0.1, -0.05) is 115 Å². The SMILES string of the molecule is CC(=C\C=C\C(C)=C\[C@H](O[Si](C)(C)C(C)(C)C)[C@H](C[C@@H](C)O[Si](C)(C)C(C)(C)C)O[Si](C)(C)C(C)(C)C)/C=C(C)/C=C/C(=O)O. The number of allylic oxidation sites excluding steroid dienone is 8. The van der Waals surface area contributed by atoms with Crippen LogP contribution in [0, 0.1) is 0 Å². The molecule has 0 heterocycles. The van der Waals surface area contributed by atoms with Crippen molar-refractivity contribution in [3.63, 3.8) is 0 Å². The molecule has 0 saturated heterocycles. The molecule has 3 atom stereocenters. The Morgan fingerprint density at radius 1 is 0.667 bits per heavy atom. The van der Waals surface area contributed by atoms with Crippen LogP contribution in [0.25, 0.3) is 0 Å². The van der Waals surface area contributed by atoms with Crippen LogP contribution in [0.3, 0.4) is 0 Å². The number of carboxylic acid groups (broad SMARTS) is 1. The second-order valence-corrected chi connectivity index (χ2v) is 31.7. The summed E-state index contributed by atoms with van der Waals surface area (Å²) in [7, 11) is -6.29. The van der Waals surface area contributed by atoms with Gasteiger partial charge in [-0.05, 0) is 88.5 Å². The number of carbonyl (C=O) groups is 1. The first-order valence-corrected chi connectivity index (χ1v) is 25.3. The predicted molar refractivity (Wildman–Crippen MR) is 204 cm³/mol. The summed E-state index contributed by atoms with van der Waals surface area (Å²) in [6, 6.07) is 0. The van der Waals surface area contributed by atoms with Crippen molar-refractivity contribution in [2.75, 3.05) is 0 Å². The third-order valence-electron chi connectivity index (χ3n) is 9.81. The zero-order valence-corrected chi connectivity index (χ0v) is 35.6. The molecular weight excluding hydrogens is 609 g/mol. The van der Waals surface area contributed by atoms with Crippen molar-refractivity contribution in [2.24, 2.45) is 0 Å². The van der Waals surface area contributed by atoms with Gasteiger partial charge in [-0.3, -0.25) is 0 Å². The fourth-order valence-corrected chi connectivity index (χ4v) is 7.97. The Morgan fingerprint density at radius 3 is 1.56 bits per heavy atom. The standard InChI is InChI=1S/C37H70O5Si3/c1-28(25-30(3)23-24-34(38)39)21-20-22-29(2)26-32(41-44(16,17)36(8,9)10)33(42-45(18,19)37(11,12)13)27-31(4)40-43(14,15)35(5,6)7/h20-26,31-33H,27H2,1-19H3,(H,38,39)/b22-20+,24-23+,28-21+,29-26+,30-25+/t31-,32+,33+/m1/s1. The van der Waals surface area contributed by atoms with Crippen molar-refractivity contribution >= 4 is 30.9 Å². The average Bonchev–Trinajstić information content (AvgIpc) is 2.79. The van der Waals surface area contributed by atoms with Crippen molar-refractivity contribution in [3.05, 3.63) is 59.3 Å². The van der Waals surface area contributed by atoms with Crippen molar-refractivity contribution < 1.29 is 23.2 Å². The summed E-state index contributed by atoms with van der Waals surface area (Å²) in [4.78, 5) is 10.8. The average molecular weight is 679 g/mol. The van der Waals surface area contributed by atoms with Crippen LogP contribution in [0.15, 0.2) is 59.3 Å². The van der Waals surface area contributed by atoms with E-state index >= 15 is 0 Å². The van der Waals surface area contributed by atoms with Crippen molar-refractivity contribution in [2.45, 2.75) is 169 Å². The monoisotopic (exact) mass is 678 g/mol. The molecule has 8 heteroatoms. The van der Waals surface area contributed by atoms with E-state index in [1.807, 2.05) is 32.1 Å². The molecule has 260 valence electrons. The lowest BCUT2D eigenvalue weighted by Crippen LogP contribution is -2.52. The van der Waals surface area contributed by atoms with Crippen LogP contribution in [-0.2, 0) is 18.1 Å². The Balaban J connectivity index is 6.79. The van der Waals surface area contributed by atoms with Gasteiger partial charge in [-0.2, -0.15) is 0 Å². The van der Waals surface area contributed by atoms with Crippen LogP contribution >= 0.6 is 0 Å². The Morgan fingerprint density at radius 2 is 1.11 bits per heavy atom. The minimum absolute atomic E-state index is 0.0335. The van der Waals surface area contributed by atoms with Crippen LogP contribution < -0.4 is 0 Å². The fourth-order valence-electron chi connectivity index (χ4n) is 3.92. The normalized spacial score (nSPS) is 17.7. The second kappa shape index (κ2) is 16.7. The minimum Gasteiger partial charge on any atom is -0.478 e. The number of carboxylic acids is 1. The Bertz CT molecular complexity index is 1120. The van der Waals surface area contributed by atoms with Crippen LogP contribution in [-0.4, -0.2) is 54.3 Å². The lowest BCUT2D eigenvalue weighted by Gasteiger charge is -2.46. The van der Waals surface area contributed by atoms with E-state index in [0.717, 1.165) is 29.2 Å². The molecule has 0 aromatic heterocycles. The highest BCUT2D eigenvalue weighted by Crippen LogP contribution is 2.42. The molecule has 0 rings (SSSR count). The second-order valence-electron chi connectivity index (χ2n) is 17.4. The molecule has 0 aromatic rings. The molecule has 0 aliphatic heterocycles. The molecule has 0 aromatic carbocycles. The molecule has 1 N–H and O–H groups in total. The molecule has 0 bridgehead atoms. The van der Waals surface area contributed by atoms with Gasteiger partial charge in [0.15, 0.2) is 25.0 Å². The molecule has 0 amide bonds. The van der Waals surface area contributed by atoms with Gasteiger partial charge < -0.3 is 18.4 Å². The Kier molecular flexibility index (Phi) is 16.2. The summed E-state index contributed by atoms with van der Waals surface area (Å²) in [6.45, 7) is 42.8. The number of rotatable bonds is 15. The third-order valence-corrected chi connectivity index (χ3v) is 23.4. The van der Waals surface area contributed by atoms with E-state index in [1.165, 1.54) is 0 Å². The van der Waals surface area contributed by atoms with Gasteiger partial charge in [0, 0.05) is 12.2 Å². The topological polar surface area (TPSA) is 65.0 Å². The molecule has 0 radical (unpaired) electrons. The summed E-state index contributed by atoms with van der Waals surface area (Å²) >= 11 is 0. The molecule has 5 nitrogen and oxygen atoms in total. The maximum atomic E-state index is 10.8. The molecule has 45 heavy (non-hydrogen) atoms. The van der Waals surface area contributed by atoms with Gasteiger partial charge in [-0.25, -0.2) is 4.79 Å². The van der Waals surface area contributed by atoms with Crippen molar-refractivity contribution in [1.29, 1.82) is 0 Å². The van der Waals surface area contributed by atoms with Gasteiger partial charge in [0.2, 0.25) is 0 Å². The molecule has 0 spiro atoms. The van der Waals surface area contributed by atoms with Crippen molar-refractivity contribution in [3.8, 4) is 0 Å². The number of hydrogen-bond donors (Lipinski definition) is 1. The van der Waals surface area contributed by atoms with Crippen LogP contribution in [0.1, 0.15) is 96.4 Å². The zero-order valence-electron chi connectivity index (χ0n) is 32.6. The third kappa shape index (κ3) is 15.4. The van der Waals surface area contributed by atoms with E-state index in [-0.39, 0.29) is 33.4 Å². The van der Waals surface area contributed by atoms with E-state index in [1.54, 1.807) is 6.08 Å².